The van der Waals surface area contributed by atoms with Gasteiger partial charge in [0.2, 0.25) is 0 Å². The molecular weight excluding hydrogens is 773 g/mol. The Labute approximate surface area is 370 Å². The molecule has 14 rings (SSSR count). The maximum Gasteiger partial charge on any atom is 0.0541 e. The minimum atomic E-state index is 1.15. The van der Waals surface area contributed by atoms with E-state index >= 15 is 0 Å². The highest BCUT2D eigenvalue weighted by Gasteiger charge is 2.24. The normalized spacial score (nSPS) is 12.1. The molecule has 0 aliphatic heterocycles. The van der Waals surface area contributed by atoms with E-state index in [0.29, 0.717) is 0 Å². The van der Waals surface area contributed by atoms with Crippen molar-refractivity contribution in [3.8, 4) is 67.0 Å². The molecule has 0 spiro atoms. The van der Waals surface area contributed by atoms with Crippen LogP contribution in [0.15, 0.2) is 231 Å². The highest BCUT2D eigenvalue weighted by Crippen LogP contribution is 2.50. The van der Waals surface area contributed by atoms with Gasteiger partial charge in [0.25, 0.3) is 0 Å². The molecule has 2 nitrogen and oxygen atoms in total. The van der Waals surface area contributed by atoms with Crippen molar-refractivity contribution in [3.63, 3.8) is 0 Å². The fraction of sp³-hybridized carbons (Fsp3) is 0. The maximum atomic E-state index is 2.44. The van der Waals surface area contributed by atoms with Gasteiger partial charge in [-0.1, -0.05) is 158 Å². The number of hydrogen-bond acceptors (Lipinski definition) is 0. The molecular formula is C62H38N2. The summed E-state index contributed by atoms with van der Waals surface area (Å²) in [6, 6.07) is 85.2. The van der Waals surface area contributed by atoms with Crippen LogP contribution in [0.5, 0.6) is 0 Å². The lowest BCUT2D eigenvalue weighted by molar-refractivity contribution is 1.18. The quantitative estimate of drug-likeness (QED) is 0.153. The van der Waals surface area contributed by atoms with Gasteiger partial charge in [0.1, 0.15) is 0 Å². The van der Waals surface area contributed by atoms with E-state index in [4.69, 9.17) is 0 Å². The van der Waals surface area contributed by atoms with Crippen molar-refractivity contribution in [3.05, 3.63) is 231 Å². The van der Waals surface area contributed by atoms with Crippen LogP contribution in [0, 0.1) is 0 Å². The molecule has 2 aromatic heterocycles. The maximum absolute atomic E-state index is 2.44. The number of para-hydroxylation sites is 2. The van der Waals surface area contributed by atoms with Crippen LogP contribution in [-0.2, 0) is 0 Å². The van der Waals surface area contributed by atoms with E-state index in [-0.39, 0.29) is 0 Å². The van der Waals surface area contributed by atoms with Gasteiger partial charge >= 0.3 is 0 Å². The lowest BCUT2D eigenvalue weighted by atomic mass is 9.95. The van der Waals surface area contributed by atoms with E-state index in [1.165, 1.54) is 121 Å². The van der Waals surface area contributed by atoms with Crippen LogP contribution >= 0.6 is 0 Å². The summed E-state index contributed by atoms with van der Waals surface area (Å²) in [5.74, 6) is 0. The van der Waals surface area contributed by atoms with Crippen molar-refractivity contribution in [2.24, 2.45) is 0 Å². The fourth-order valence-corrected chi connectivity index (χ4v) is 10.9. The summed E-state index contributed by atoms with van der Waals surface area (Å²) < 4.78 is 4.85. The van der Waals surface area contributed by atoms with Crippen LogP contribution in [0.1, 0.15) is 0 Å². The Morgan fingerprint density at radius 2 is 0.703 bits per heavy atom. The average Bonchev–Trinajstić information content (AvgIpc) is 4.00. The Kier molecular flexibility index (Phi) is 7.43. The van der Waals surface area contributed by atoms with Gasteiger partial charge in [-0.15, -0.1) is 0 Å². The Bertz CT molecular complexity index is 4070. The molecule has 0 atom stereocenters. The summed E-state index contributed by atoms with van der Waals surface area (Å²) in [5.41, 5.74) is 19.7. The molecule has 0 fully saturated rings. The summed E-state index contributed by atoms with van der Waals surface area (Å²) in [4.78, 5) is 0. The minimum absolute atomic E-state index is 1.15. The number of rotatable bonds is 5. The monoisotopic (exact) mass is 810 g/mol. The van der Waals surface area contributed by atoms with Gasteiger partial charge in [-0.05, 0) is 150 Å². The summed E-state index contributed by atoms with van der Waals surface area (Å²) in [6.07, 6.45) is 0. The molecule has 0 radical (unpaired) electrons. The minimum Gasteiger partial charge on any atom is -0.309 e. The SMILES string of the molecule is c1ccc(-c2cccc(-n3c4ccccc4c4cc(-c5ccc6c(c5)c5ccccc5n6-c5cccc(-c6ccc7c(c6)-c6cc8ccccc8c8cccc-7c68)c5)ccc43)c2)cc1. The molecule has 2 heteroatoms. The van der Waals surface area contributed by atoms with E-state index in [1.54, 1.807) is 0 Å². The molecule has 0 N–H and O–H groups in total. The third-order valence-electron chi connectivity index (χ3n) is 13.8. The molecule has 1 aliphatic carbocycles. The molecule has 11 aromatic carbocycles. The summed E-state index contributed by atoms with van der Waals surface area (Å²) in [6.45, 7) is 0. The Balaban J connectivity index is 0.872. The molecule has 2 heterocycles. The Morgan fingerprint density at radius 1 is 0.219 bits per heavy atom. The van der Waals surface area contributed by atoms with Gasteiger partial charge in [-0.25, -0.2) is 0 Å². The molecule has 0 saturated heterocycles. The Morgan fingerprint density at radius 3 is 1.38 bits per heavy atom. The van der Waals surface area contributed by atoms with E-state index in [1.807, 2.05) is 0 Å². The van der Waals surface area contributed by atoms with E-state index in [9.17, 15) is 0 Å². The first-order valence-corrected chi connectivity index (χ1v) is 22.2. The molecule has 64 heavy (non-hydrogen) atoms. The number of nitrogens with zero attached hydrogens (tertiary/aromatic N) is 2. The molecule has 296 valence electrons. The smallest absolute Gasteiger partial charge is 0.0541 e. The first kappa shape index (κ1) is 35.2. The lowest BCUT2D eigenvalue weighted by Crippen LogP contribution is -1.94. The zero-order valence-corrected chi connectivity index (χ0v) is 34.8. The first-order chi connectivity index (χ1) is 31.7. The summed E-state index contributed by atoms with van der Waals surface area (Å²) >= 11 is 0. The highest BCUT2D eigenvalue weighted by atomic mass is 15.0. The van der Waals surface area contributed by atoms with Crippen molar-refractivity contribution < 1.29 is 0 Å². The predicted molar refractivity (Wildman–Crippen MR) is 271 cm³/mol. The lowest BCUT2D eigenvalue weighted by Gasteiger charge is -2.12. The number of hydrogen-bond donors (Lipinski definition) is 0. The van der Waals surface area contributed by atoms with Crippen LogP contribution < -0.4 is 0 Å². The summed E-state index contributed by atoms with van der Waals surface area (Å²) in [7, 11) is 0. The molecule has 0 saturated carbocycles. The second-order valence-electron chi connectivity index (χ2n) is 17.3. The summed E-state index contributed by atoms with van der Waals surface area (Å²) in [5, 5.41) is 10.3. The van der Waals surface area contributed by atoms with Crippen LogP contribution in [0.25, 0.3) is 132 Å². The number of fused-ring (bicyclic) bond motifs is 11. The predicted octanol–water partition coefficient (Wildman–Crippen LogP) is 16.8. The second kappa shape index (κ2) is 13.5. The van der Waals surface area contributed by atoms with Crippen molar-refractivity contribution in [2.75, 3.05) is 0 Å². The zero-order valence-electron chi connectivity index (χ0n) is 34.8. The van der Waals surface area contributed by atoms with Gasteiger partial charge in [0, 0.05) is 32.9 Å². The average molecular weight is 811 g/mol. The van der Waals surface area contributed by atoms with Crippen molar-refractivity contribution in [1.29, 1.82) is 0 Å². The van der Waals surface area contributed by atoms with Gasteiger partial charge in [-0.2, -0.15) is 0 Å². The van der Waals surface area contributed by atoms with Crippen molar-refractivity contribution in [1.82, 2.24) is 9.13 Å². The second-order valence-corrected chi connectivity index (χ2v) is 17.3. The van der Waals surface area contributed by atoms with Gasteiger partial charge in [-0.3, -0.25) is 0 Å². The fourth-order valence-electron chi connectivity index (χ4n) is 10.9. The van der Waals surface area contributed by atoms with E-state index < -0.39 is 0 Å². The van der Waals surface area contributed by atoms with E-state index in [0.717, 1.165) is 11.4 Å². The largest absolute Gasteiger partial charge is 0.309 e. The highest BCUT2D eigenvalue weighted by molar-refractivity contribution is 6.23. The molecule has 0 amide bonds. The van der Waals surface area contributed by atoms with Crippen LogP contribution in [0.3, 0.4) is 0 Å². The van der Waals surface area contributed by atoms with E-state index in [2.05, 4.69) is 240 Å². The van der Waals surface area contributed by atoms with Gasteiger partial charge in [0.05, 0.1) is 22.1 Å². The zero-order chi connectivity index (χ0) is 41.9. The molecule has 13 aromatic rings. The molecule has 1 aliphatic rings. The van der Waals surface area contributed by atoms with Gasteiger partial charge < -0.3 is 9.13 Å². The molecule has 0 bridgehead atoms. The topological polar surface area (TPSA) is 9.86 Å². The number of aromatic nitrogens is 2. The van der Waals surface area contributed by atoms with Gasteiger partial charge in [0.15, 0.2) is 0 Å². The van der Waals surface area contributed by atoms with Crippen molar-refractivity contribution >= 4 is 65.2 Å². The third-order valence-corrected chi connectivity index (χ3v) is 13.8. The Hall–Kier alpha value is -8.46. The number of benzene rings is 11. The van der Waals surface area contributed by atoms with Crippen molar-refractivity contribution in [2.45, 2.75) is 0 Å². The van der Waals surface area contributed by atoms with Crippen LogP contribution in [0.4, 0.5) is 0 Å². The third kappa shape index (κ3) is 5.14. The first-order valence-electron chi connectivity index (χ1n) is 22.2. The van der Waals surface area contributed by atoms with Crippen LogP contribution in [0.2, 0.25) is 0 Å². The standard InChI is InChI=1S/C62H38N2/c1-2-13-39(14-3-1)40-16-10-18-46(33-40)63-58-25-8-6-21-50(58)55-36-43(28-31-60(55)63)44-29-32-61-56(37-44)51-22-7-9-26-59(51)64(61)47-19-11-17-41(34-47)42-27-30-49-53-24-12-23-52-48-20-5-4-15-45(48)38-57(62(52)53)54(49)35-42/h1-38H. The van der Waals surface area contributed by atoms with Crippen LogP contribution in [-0.4, -0.2) is 9.13 Å². The molecule has 0 unspecified atom stereocenters.